The van der Waals surface area contributed by atoms with Gasteiger partial charge in [-0.3, -0.25) is 0 Å². The summed E-state index contributed by atoms with van der Waals surface area (Å²) in [5.41, 5.74) is 4.15. The highest BCUT2D eigenvalue weighted by molar-refractivity contribution is 6.32. The lowest BCUT2D eigenvalue weighted by atomic mass is 9.80. The van der Waals surface area contributed by atoms with Crippen molar-refractivity contribution in [2.75, 3.05) is 7.11 Å². The molecule has 0 bridgehead atoms. The Morgan fingerprint density at radius 3 is 2.76 bits per heavy atom. The molecule has 4 rings (SSSR count). The van der Waals surface area contributed by atoms with Crippen LogP contribution in [0.2, 0.25) is 5.02 Å². The number of para-hydroxylation sites is 1. The molecule has 0 saturated carbocycles. The number of carbonyl (C=O) groups is 1. The van der Waals surface area contributed by atoms with Gasteiger partial charge in [-0.2, -0.15) is 0 Å². The van der Waals surface area contributed by atoms with Crippen molar-refractivity contribution in [3.05, 3.63) is 63.8 Å². The van der Waals surface area contributed by atoms with Gasteiger partial charge in [-0.05, 0) is 59.7 Å². The Balaban J connectivity index is 1.97. The van der Waals surface area contributed by atoms with Gasteiger partial charge in [0.15, 0.2) is 11.5 Å². The molecule has 5 nitrogen and oxygen atoms in total. The van der Waals surface area contributed by atoms with Gasteiger partial charge >= 0.3 is 5.97 Å². The Morgan fingerprint density at radius 2 is 2.03 bits per heavy atom. The van der Waals surface area contributed by atoms with Crippen LogP contribution in [0, 0.1) is 5.92 Å². The van der Waals surface area contributed by atoms with Crippen LogP contribution in [-0.2, 0) is 6.42 Å². The minimum Gasteiger partial charge on any atom is -0.503 e. The molecule has 0 amide bonds. The summed E-state index contributed by atoms with van der Waals surface area (Å²) in [4.78, 5) is 16.9. The summed E-state index contributed by atoms with van der Waals surface area (Å²) < 4.78 is 5.20. The number of pyridine rings is 1. The first-order chi connectivity index (χ1) is 13.9. The number of benzene rings is 2. The van der Waals surface area contributed by atoms with Crippen molar-refractivity contribution in [3.8, 4) is 11.5 Å². The normalized spacial score (nSPS) is 17.3. The Morgan fingerprint density at radius 1 is 1.28 bits per heavy atom. The number of phenols is 1. The summed E-state index contributed by atoms with van der Waals surface area (Å²) in [5.74, 6) is -0.496. The molecule has 1 atom stereocenters. The van der Waals surface area contributed by atoms with Crippen LogP contribution >= 0.6 is 11.6 Å². The largest absolute Gasteiger partial charge is 0.503 e. The average molecular weight is 410 g/mol. The molecule has 1 aliphatic rings. The monoisotopic (exact) mass is 409 g/mol. The number of fused-ring (bicyclic) bond motifs is 2. The maximum Gasteiger partial charge on any atom is 0.336 e. The number of aromatic carboxylic acids is 1. The van der Waals surface area contributed by atoms with Gasteiger partial charge in [0.05, 0.1) is 28.9 Å². The number of allylic oxidation sites excluding steroid dienone is 1. The molecule has 0 spiro atoms. The van der Waals surface area contributed by atoms with Gasteiger partial charge in [-0.15, -0.1) is 0 Å². The number of ether oxygens (including phenoxy) is 1. The highest BCUT2D eigenvalue weighted by Crippen LogP contribution is 2.40. The number of carboxylic acids is 1. The Bertz CT molecular complexity index is 1170. The molecule has 2 N–H and O–H groups in total. The smallest absolute Gasteiger partial charge is 0.336 e. The van der Waals surface area contributed by atoms with Crippen molar-refractivity contribution in [1.29, 1.82) is 0 Å². The van der Waals surface area contributed by atoms with E-state index in [4.69, 9.17) is 21.3 Å². The molecular formula is C23H20ClNO4. The molecule has 0 saturated heterocycles. The van der Waals surface area contributed by atoms with Crippen LogP contribution in [-0.4, -0.2) is 28.3 Å². The minimum absolute atomic E-state index is 0.106. The Hall–Kier alpha value is -3.05. The lowest BCUT2D eigenvalue weighted by Gasteiger charge is -2.26. The fourth-order valence-corrected chi connectivity index (χ4v) is 4.23. The highest BCUT2D eigenvalue weighted by atomic mass is 35.5. The van der Waals surface area contributed by atoms with Gasteiger partial charge in [0.1, 0.15) is 0 Å². The fourth-order valence-electron chi connectivity index (χ4n) is 4.01. The molecule has 1 heterocycles. The van der Waals surface area contributed by atoms with Crippen molar-refractivity contribution in [1.82, 2.24) is 4.98 Å². The zero-order valence-electron chi connectivity index (χ0n) is 16.1. The average Bonchev–Trinajstić information content (AvgIpc) is 2.68. The zero-order chi connectivity index (χ0) is 20.7. The van der Waals surface area contributed by atoms with Gasteiger partial charge in [-0.25, -0.2) is 9.78 Å². The van der Waals surface area contributed by atoms with Gasteiger partial charge < -0.3 is 14.9 Å². The second-order valence-corrected chi connectivity index (χ2v) is 7.78. The van der Waals surface area contributed by atoms with E-state index in [-0.39, 0.29) is 22.4 Å². The Kier molecular flexibility index (Phi) is 4.92. The predicted octanol–water partition coefficient (Wildman–Crippen LogP) is 5.42. The first-order valence-electron chi connectivity index (χ1n) is 9.31. The number of nitrogens with zero attached hydrogens (tertiary/aromatic N) is 1. The number of carboxylic acid groups (broad SMARTS) is 1. The molecule has 148 valence electrons. The first-order valence-corrected chi connectivity index (χ1v) is 9.69. The topological polar surface area (TPSA) is 79.7 Å². The molecule has 0 fully saturated rings. The summed E-state index contributed by atoms with van der Waals surface area (Å²) in [6.07, 6.45) is 3.36. The van der Waals surface area contributed by atoms with E-state index in [2.05, 4.69) is 6.92 Å². The summed E-state index contributed by atoms with van der Waals surface area (Å²) in [7, 11) is 1.47. The Labute approximate surface area is 173 Å². The van der Waals surface area contributed by atoms with Crippen molar-refractivity contribution in [2.24, 2.45) is 5.92 Å². The van der Waals surface area contributed by atoms with Gasteiger partial charge in [0.25, 0.3) is 0 Å². The van der Waals surface area contributed by atoms with Crippen molar-refractivity contribution in [3.63, 3.8) is 0 Å². The predicted molar refractivity (Wildman–Crippen MR) is 114 cm³/mol. The summed E-state index contributed by atoms with van der Waals surface area (Å²) >= 11 is 6.14. The third kappa shape index (κ3) is 3.42. The molecule has 6 heteroatoms. The van der Waals surface area contributed by atoms with Crippen LogP contribution in [0.5, 0.6) is 11.5 Å². The number of rotatable bonds is 3. The molecule has 1 aliphatic carbocycles. The van der Waals surface area contributed by atoms with Gasteiger partial charge in [0.2, 0.25) is 0 Å². The lowest BCUT2D eigenvalue weighted by molar-refractivity contribution is 0.0697. The number of methoxy groups -OCH3 is 1. The van der Waals surface area contributed by atoms with Crippen LogP contribution in [0.25, 0.3) is 22.6 Å². The van der Waals surface area contributed by atoms with Gasteiger partial charge in [-0.1, -0.05) is 36.7 Å². The second kappa shape index (κ2) is 7.41. The number of phenolic OH excluding ortho intramolecular Hbond substituents is 1. The zero-order valence-corrected chi connectivity index (χ0v) is 16.8. The van der Waals surface area contributed by atoms with Crippen molar-refractivity contribution in [2.45, 2.75) is 19.8 Å². The van der Waals surface area contributed by atoms with E-state index < -0.39 is 5.97 Å². The second-order valence-electron chi connectivity index (χ2n) is 7.37. The van der Waals surface area contributed by atoms with Crippen LogP contribution in [0.4, 0.5) is 0 Å². The minimum atomic E-state index is -0.942. The molecule has 1 aromatic heterocycles. The highest BCUT2D eigenvalue weighted by Gasteiger charge is 2.28. The van der Waals surface area contributed by atoms with Crippen LogP contribution in [0.3, 0.4) is 0 Å². The lowest BCUT2D eigenvalue weighted by Crippen LogP contribution is -2.17. The molecule has 3 aromatic rings. The molecule has 0 aliphatic heterocycles. The number of aromatic hydroxyl groups is 1. The molecular weight excluding hydrogens is 390 g/mol. The first kappa shape index (κ1) is 19.3. The van der Waals surface area contributed by atoms with Crippen LogP contribution < -0.4 is 4.74 Å². The van der Waals surface area contributed by atoms with Crippen LogP contribution in [0.1, 0.15) is 40.5 Å². The molecule has 2 aromatic carbocycles. The number of hydrogen-bond acceptors (Lipinski definition) is 4. The number of halogens is 1. The maximum atomic E-state index is 12.1. The van der Waals surface area contributed by atoms with E-state index in [0.717, 1.165) is 23.1 Å². The van der Waals surface area contributed by atoms with Gasteiger partial charge in [0, 0.05) is 5.39 Å². The maximum absolute atomic E-state index is 12.1. The van der Waals surface area contributed by atoms with E-state index in [1.54, 1.807) is 18.2 Å². The van der Waals surface area contributed by atoms with E-state index in [1.807, 2.05) is 24.3 Å². The molecule has 0 radical (unpaired) electrons. The number of aromatic nitrogens is 1. The summed E-state index contributed by atoms with van der Waals surface area (Å²) in [6.45, 7) is 2.10. The van der Waals surface area contributed by atoms with E-state index >= 15 is 0 Å². The quantitative estimate of drug-likeness (QED) is 0.603. The van der Waals surface area contributed by atoms with E-state index in [9.17, 15) is 15.0 Å². The summed E-state index contributed by atoms with van der Waals surface area (Å²) in [5, 5.41) is 20.8. The van der Waals surface area contributed by atoms with E-state index in [0.29, 0.717) is 28.6 Å². The fraction of sp³-hybridized carbons (Fsp3) is 0.217. The SMILES string of the molecule is COc1cc(/C=C2\C[C@@H](C)Cc3c2nc2ccccc2c3C(=O)O)cc(Cl)c1O. The van der Waals surface area contributed by atoms with Crippen LogP contribution in [0.15, 0.2) is 36.4 Å². The van der Waals surface area contributed by atoms with E-state index in [1.165, 1.54) is 7.11 Å². The standard InChI is InChI=1S/C23H20ClNO4/c1-12-7-14(9-13-10-17(24)22(26)19(11-13)29-2)21-16(8-12)20(23(27)28)15-5-3-4-6-18(15)25-21/h3-6,9-12,26H,7-8H2,1-2H3,(H,27,28)/b14-9+/t12-/m1/s1. The molecule has 0 unspecified atom stereocenters. The number of hydrogen-bond donors (Lipinski definition) is 2. The third-order valence-electron chi connectivity index (χ3n) is 5.24. The summed E-state index contributed by atoms with van der Waals surface area (Å²) in [6, 6.07) is 10.7. The van der Waals surface area contributed by atoms with Crippen molar-refractivity contribution < 1.29 is 19.7 Å². The molecule has 29 heavy (non-hydrogen) atoms. The third-order valence-corrected chi connectivity index (χ3v) is 5.53. The van der Waals surface area contributed by atoms with Crippen molar-refractivity contribution >= 4 is 40.1 Å².